The van der Waals surface area contributed by atoms with Crippen LogP contribution in [-0.2, 0) is 0 Å². The molecular formula is C12H20N4. The third-order valence-electron chi connectivity index (χ3n) is 3.93. The summed E-state index contributed by atoms with van der Waals surface area (Å²) in [6.07, 6.45) is 8.04. The SMILES string of the molecule is CCNc1nccn1C1CCN2CCCC12. The van der Waals surface area contributed by atoms with Gasteiger partial charge in [0.1, 0.15) is 0 Å². The van der Waals surface area contributed by atoms with E-state index in [1.165, 1.54) is 32.4 Å². The van der Waals surface area contributed by atoms with E-state index in [1.807, 2.05) is 6.20 Å². The highest BCUT2D eigenvalue weighted by molar-refractivity contribution is 5.27. The summed E-state index contributed by atoms with van der Waals surface area (Å²) >= 11 is 0. The van der Waals surface area contributed by atoms with Gasteiger partial charge in [0.2, 0.25) is 5.95 Å². The lowest BCUT2D eigenvalue weighted by Gasteiger charge is -2.23. The maximum absolute atomic E-state index is 4.40. The predicted octanol–water partition coefficient (Wildman–Crippen LogP) is 1.72. The molecule has 88 valence electrons. The quantitative estimate of drug-likeness (QED) is 0.842. The number of aromatic nitrogens is 2. The molecule has 2 aliphatic rings. The van der Waals surface area contributed by atoms with Crippen LogP contribution in [0.25, 0.3) is 0 Å². The molecule has 0 aliphatic carbocycles. The summed E-state index contributed by atoms with van der Waals surface area (Å²) in [7, 11) is 0. The maximum Gasteiger partial charge on any atom is 0.203 e. The Balaban J connectivity index is 1.83. The highest BCUT2D eigenvalue weighted by atomic mass is 15.3. The third-order valence-corrected chi connectivity index (χ3v) is 3.93. The van der Waals surface area contributed by atoms with Gasteiger partial charge in [-0.3, -0.25) is 4.90 Å². The average molecular weight is 220 g/mol. The fraction of sp³-hybridized carbons (Fsp3) is 0.750. The van der Waals surface area contributed by atoms with Crippen molar-refractivity contribution in [3.05, 3.63) is 12.4 Å². The van der Waals surface area contributed by atoms with Gasteiger partial charge in [-0.2, -0.15) is 0 Å². The van der Waals surface area contributed by atoms with Gasteiger partial charge in [0.05, 0.1) is 6.04 Å². The van der Waals surface area contributed by atoms with Crippen molar-refractivity contribution in [1.82, 2.24) is 14.5 Å². The number of hydrogen-bond acceptors (Lipinski definition) is 3. The number of fused-ring (bicyclic) bond motifs is 1. The molecule has 0 radical (unpaired) electrons. The van der Waals surface area contributed by atoms with Crippen LogP contribution in [0.1, 0.15) is 32.2 Å². The number of nitrogens with one attached hydrogen (secondary N) is 1. The molecule has 0 saturated carbocycles. The molecule has 3 rings (SSSR count). The van der Waals surface area contributed by atoms with Crippen LogP contribution in [0.3, 0.4) is 0 Å². The number of nitrogens with zero attached hydrogens (tertiary/aromatic N) is 3. The van der Waals surface area contributed by atoms with Gasteiger partial charge in [-0.05, 0) is 32.7 Å². The van der Waals surface area contributed by atoms with Crippen molar-refractivity contribution in [2.45, 2.75) is 38.3 Å². The van der Waals surface area contributed by atoms with Crippen LogP contribution in [0.4, 0.5) is 5.95 Å². The first kappa shape index (κ1) is 10.1. The Morgan fingerprint density at radius 3 is 3.19 bits per heavy atom. The van der Waals surface area contributed by atoms with Crippen LogP contribution in [-0.4, -0.2) is 40.1 Å². The normalized spacial score (nSPS) is 29.6. The number of imidazole rings is 1. The van der Waals surface area contributed by atoms with Crippen molar-refractivity contribution in [3.63, 3.8) is 0 Å². The Morgan fingerprint density at radius 2 is 2.31 bits per heavy atom. The lowest BCUT2D eigenvalue weighted by molar-refractivity contribution is 0.291. The van der Waals surface area contributed by atoms with E-state index in [2.05, 4.69) is 32.9 Å². The standard InChI is InChI=1S/C12H20N4/c1-2-13-12-14-6-9-16(12)11-5-8-15-7-3-4-10(11)15/h6,9-11H,2-5,7-8H2,1H3,(H,13,14). The molecule has 0 amide bonds. The van der Waals surface area contributed by atoms with E-state index in [9.17, 15) is 0 Å². The molecule has 0 spiro atoms. The number of rotatable bonds is 3. The summed E-state index contributed by atoms with van der Waals surface area (Å²) in [5.74, 6) is 1.04. The Hall–Kier alpha value is -1.03. The number of hydrogen-bond donors (Lipinski definition) is 1. The highest BCUT2D eigenvalue weighted by Gasteiger charge is 2.38. The van der Waals surface area contributed by atoms with Gasteiger partial charge in [-0.15, -0.1) is 0 Å². The summed E-state index contributed by atoms with van der Waals surface area (Å²) in [4.78, 5) is 7.04. The molecular weight excluding hydrogens is 200 g/mol. The Kier molecular flexibility index (Phi) is 2.59. The molecule has 1 aromatic rings. The van der Waals surface area contributed by atoms with Gasteiger partial charge >= 0.3 is 0 Å². The molecule has 4 nitrogen and oxygen atoms in total. The van der Waals surface area contributed by atoms with Crippen LogP contribution >= 0.6 is 0 Å². The van der Waals surface area contributed by atoms with Gasteiger partial charge in [0.25, 0.3) is 0 Å². The van der Waals surface area contributed by atoms with Gasteiger partial charge in [0, 0.05) is 31.5 Å². The fourth-order valence-corrected chi connectivity index (χ4v) is 3.26. The molecule has 0 aromatic carbocycles. The van der Waals surface area contributed by atoms with Crippen molar-refractivity contribution in [3.8, 4) is 0 Å². The summed E-state index contributed by atoms with van der Waals surface area (Å²) < 4.78 is 2.35. The van der Waals surface area contributed by atoms with Crippen molar-refractivity contribution >= 4 is 5.95 Å². The zero-order chi connectivity index (χ0) is 11.0. The lowest BCUT2D eigenvalue weighted by Crippen LogP contribution is -2.28. The molecule has 2 aliphatic heterocycles. The first-order valence-corrected chi connectivity index (χ1v) is 6.41. The smallest absolute Gasteiger partial charge is 0.203 e. The van der Waals surface area contributed by atoms with Crippen LogP contribution in [0.15, 0.2) is 12.4 Å². The average Bonchev–Trinajstić information content (AvgIpc) is 2.91. The minimum absolute atomic E-state index is 0.638. The Morgan fingerprint density at radius 1 is 1.38 bits per heavy atom. The Labute approximate surface area is 96.7 Å². The molecule has 2 saturated heterocycles. The van der Waals surface area contributed by atoms with Gasteiger partial charge < -0.3 is 9.88 Å². The number of anilines is 1. The predicted molar refractivity (Wildman–Crippen MR) is 64.6 cm³/mol. The van der Waals surface area contributed by atoms with Crippen LogP contribution in [0, 0.1) is 0 Å². The molecule has 16 heavy (non-hydrogen) atoms. The summed E-state index contributed by atoms with van der Waals surface area (Å²) in [5.41, 5.74) is 0. The third kappa shape index (κ3) is 1.52. The summed E-state index contributed by atoms with van der Waals surface area (Å²) in [6.45, 7) is 5.62. The maximum atomic E-state index is 4.40. The molecule has 4 heteroatoms. The Bertz CT molecular complexity index is 360. The van der Waals surface area contributed by atoms with Gasteiger partial charge in [0.15, 0.2) is 0 Å². The second kappa shape index (κ2) is 4.09. The van der Waals surface area contributed by atoms with Crippen LogP contribution < -0.4 is 5.32 Å². The second-order valence-electron chi connectivity index (χ2n) is 4.79. The summed E-state index contributed by atoms with van der Waals surface area (Å²) in [6, 6.07) is 1.39. The molecule has 2 atom stereocenters. The topological polar surface area (TPSA) is 33.1 Å². The van der Waals surface area contributed by atoms with Crippen molar-refractivity contribution in [2.24, 2.45) is 0 Å². The van der Waals surface area contributed by atoms with Gasteiger partial charge in [-0.1, -0.05) is 0 Å². The van der Waals surface area contributed by atoms with Crippen molar-refractivity contribution in [1.29, 1.82) is 0 Å². The fourth-order valence-electron chi connectivity index (χ4n) is 3.26. The molecule has 0 bridgehead atoms. The molecule has 1 N–H and O–H groups in total. The van der Waals surface area contributed by atoms with E-state index in [0.717, 1.165) is 18.5 Å². The van der Waals surface area contributed by atoms with E-state index in [-0.39, 0.29) is 0 Å². The minimum atomic E-state index is 0.638. The van der Waals surface area contributed by atoms with E-state index >= 15 is 0 Å². The summed E-state index contributed by atoms with van der Waals surface area (Å²) in [5, 5.41) is 3.35. The molecule has 2 unspecified atom stereocenters. The van der Waals surface area contributed by atoms with E-state index < -0.39 is 0 Å². The van der Waals surface area contributed by atoms with E-state index in [4.69, 9.17) is 0 Å². The first-order chi connectivity index (χ1) is 7.90. The largest absolute Gasteiger partial charge is 0.356 e. The van der Waals surface area contributed by atoms with E-state index in [1.54, 1.807) is 0 Å². The monoisotopic (exact) mass is 220 g/mol. The van der Waals surface area contributed by atoms with E-state index in [0.29, 0.717) is 6.04 Å². The first-order valence-electron chi connectivity index (χ1n) is 6.41. The van der Waals surface area contributed by atoms with Crippen molar-refractivity contribution in [2.75, 3.05) is 25.0 Å². The van der Waals surface area contributed by atoms with Crippen LogP contribution in [0.2, 0.25) is 0 Å². The zero-order valence-corrected chi connectivity index (χ0v) is 9.89. The molecule has 2 fully saturated rings. The minimum Gasteiger partial charge on any atom is -0.356 e. The second-order valence-corrected chi connectivity index (χ2v) is 4.79. The molecule has 1 aromatic heterocycles. The zero-order valence-electron chi connectivity index (χ0n) is 9.89. The van der Waals surface area contributed by atoms with Crippen LogP contribution in [0.5, 0.6) is 0 Å². The lowest BCUT2D eigenvalue weighted by atomic mass is 10.1. The highest BCUT2D eigenvalue weighted by Crippen LogP contribution is 2.37. The van der Waals surface area contributed by atoms with Crippen molar-refractivity contribution < 1.29 is 0 Å². The molecule has 3 heterocycles. The van der Waals surface area contributed by atoms with Gasteiger partial charge in [-0.25, -0.2) is 4.98 Å².